The van der Waals surface area contributed by atoms with Crippen molar-refractivity contribution in [3.63, 3.8) is 0 Å². The highest BCUT2D eigenvalue weighted by atomic mass is 32.2. The summed E-state index contributed by atoms with van der Waals surface area (Å²) in [5.74, 6) is 1.24. The van der Waals surface area contributed by atoms with E-state index < -0.39 is 10.0 Å². The topological polar surface area (TPSA) is 62.6 Å². The van der Waals surface area contributed by atoms with E-state index in [-0.39, 0.29) is 0 Å². The monoisotopic (exact) mass is 312 g/mol. The average Bonchev–Trinajstić information content (AvgIpc) is 3.23. The van der Waals surface area contributed by atoms with Crippen LogP contribution in [0.25, 0.3) is 0 Å². The first-order chi connectivity index (χ1) is 10.00. The Balaban J connectivity index is 1.91. The molecule has 0 aromatic carbocycles. The maximum absolute atomic E-state index is 12.9. The molecule has 0 spiro atoms. The summed E-state index contributed by atoms with van der Waals surface area (Å²) in [6, 6.07) is 0.546. The van der Waals surface area contributed by atoms with Gasteiger partial charge in [-0.3, -0.25) is 0 Å². The van der Waals surface area contributed by atoms with E-state index in [0.29, 0.717) is 36.3 Å². The number of nitrogens with zero attached hydrogens (tertiary/aromatic N) is 1. The van der Waals surface area contributed by atoms with Gasteiger partial charge in [0.15, 0.2) is 0 Å². The molecule has 21 heavy (non-hydrogen) atoms. The zero-order chi connectivity index (χ0) is 15.0. The molecule has 5 nitrogen and oxygen atoms in total. The number of hydrogen-bond donors (Lipinski definition) is 1. The lowest BCUT2D eigenvalue weighted by atomic mass is 10.2. The fourth-order valence-electron chi connectivity index (χ4n) is 3.02. The van der Waals surface area contributed by atoms with Crippen LogP contribution in [-0.4, -0.2) is 31.9 Å². The third-order valence-corrected chi connectivity index (χ3v) is 6.48. The molecule has 2 aliphatic rings. The normalized spacial score (nSPS) is 20.9. The maximum atomic E-state index is 12.9. The van der Waals surface area contributed by atoms with Crippen molar-refractivity contribution in [2.75, 3.05) is 13.1 Å². The Hall–Kier alpha value is -0.850. The molecule has 1 saturated carbocycles. The van der Waals surface area contributed by atoms with Crippen molar-refractivity contribution < 1.29 is 12.8 Å². The minimum Gasteiger partial charge on any atom is -0.465 e. The molecule has 0 unspecified atom stereocenters. The van der Waals surface area contributed by atoms with Gasteiger partial charge in [0.1, 0.15) is 16.4 Å². The summed E-state index contributed by atoms with van der Waals surface area (Å²) in [6.07, 6.45) is 5.38. The number of piperidine rings is 1. The Bertz CT molecular complexity index is 611. The lowest BCUT2D eigenvalue weighted by molar-refractivity contribution is 0.345. The molecule has 1 aliphatic heterocycles. The minimum atomic E-state index is -3.43. The second-order valence-corrected chi connectivity index (χ2v) is 8.02. The van der Waals surface area contributed by atoms with Crippen LogP contribution in [0.3, 0.4) is 0 Å². The fraction of sp³-hybridized carbons (Fsp3) is 0.733. The predicted octanol–water partition coefficient (Wildman–Crippen LogP) is 2.32. The number of sulfonamides is 1. The van der Waals surface area contributed by atoms with Crippen molar-refractivity contribution in [2.24, 2.45) is 0 Å². The molecular formula is C15H24N2O3S. The Labute approximate surface area is 126 Å². The van der Waals surface area contributed by atoms with Gasteiger partial charge in [-0.25, -0.2) is 8.42 Å². The Kier molecular flexibility index (Phi) is 4.12. The van der Waals surface area contributed by atoms with Gasteiger partial charge < -0.3 is 9.73 Å². The minimum absolute atomic E-state index is 0.398. The molecule has 0 atom stereocenters. The van der Waals surface area contributed by atoms with Crippen LogP contribution in [0.4, 0.5) is 0 Å². The molecule has 2 heterocycles. The molecule has 118 valence electrons. The molecule has 0 amide bonds. The summed E-state index contributed by atoms with van der Waals surface area (Å²) in [4.78, 5) is 0.398. The number of rotatable bonds is 5. The highest BCUT2D eigenvalue weighted by Gasteiger charge is 2.33. The Morgan fingerprint density at radius 1 is 1.14 bits per heavy atom. The van der Waals surface area contributed by atoms with Gasteiger partial charge in [0, 0.05) is 31.2 Å². The van der Waals surface area contributed by atoms with Crippen molar-refractivity contribution in [3.8, 4) is 0 Å². The first-order valence-corrected chi connectivity index (χ1v) is 9.26. The number of nitrogens with one attached hydrogen (secondary N) is 1. The lowest BCUT2D eigenvalue weighted by Crippen LogP contribution is -2.36. The third kappa shape index (κ3) is 3.03. The van der Waals surface area contributed by atoms with E-state index >= 15 is 0 Å². The van der Waals surface area contributed by atoms with Crippen LogP contribution in [0.2, 0.25) is 0 Å². The Morgan fingerprint density at radius 2 is 1.81 bits per heavy atom. The van der Waals surface area contributed by atoms with E-state index in [1.165, 1.54) is 12.8 Å². The summed E-state index contributed by atoms with van der Waals surface area (Å²) < 4.78 is 33.1. The average molecular weight is 312 g/mol. The van der Waals surface area contributed by atoms with Crippen LogP contribution in [0, 0.1) is 13.8 Å². The third-order valence-electron chi connectivity index (χ3n) is 4.38. The van der Waals surface area contributed by atoms with Crippen LogP contribution < -0.4 is 5.32 Å². The maximum Gasteiger partial charge on any atom is 0.246 e. The van der Waals surface area contributed by atoms with Gasteiger partial charge in [-0.05, 0) is 39.5 Å². The van der Waals surface area contributed by atoms with E-state index in [2.05, 4.69) is 5.32 Å². The summed E-state index contributed by atoms with van der Waals surface area (Å²) >= 11 is 0. The van der Waals surface area contributed by atoms with Crippen LogP contribution in [0.1, 0.15) is 49.2 Å². The Morgan fingerprint density at radius 3 is 2.43 bits per heavy atom. The number of aryl methyl sites for hydroxylation is 2. The fourth-order valence-corrected chi connectivity index (χ4v) is 4.95. The molecule has 1 aromatic heterocycles. The van der Waals surface area contributed by atoms with E-state index in [0.717, 1.165) is 30.6 Å². The molecule has 0 bridgehead atoms. The molecule has 2 fully saturated rings. The van der Waals surface area contributed by atoms with Gasteiger partial charge in [0.25, 0.3) is 0 Å². The van der Waals surface area contributed by atoms with Crippen LogP contribution >= 0.6 is 0 Å². The second kappa shape index (κ2) is 5.74. The van der Waals surface area contributed by atoms with Crippen LogP contribution in [0.5, 0.6) is 0 Å². The van der Waals surface area contributed by atoms with E-state index in [1.54, 1.807) is 11.2 Å². The predicted molar refractivity (Wildman–Crippen MR) is 80.7 cm³/mol. The standard InChI is InChI=1S/C15H24N2O3S/c1-11-14(10-16-13-6-7-13)15(12(2)20-11)21(18,19)17-8-4-3-5-9-17/h13,16H,3-10H2,1-2H3. The zero-order valence-corrected chi connectivity index (χ0v) is 13.6. The highest BCUT2D eigenvalue weighted by molar-refractivity contribution is 7.89. The second-order valence-electron chi connectivity index (χ2n) is 6.14. The van der Waals surface area contributed by atoms with E-state index in [9.17, 15) is 8.42 Å². The number of furan rings is 1. The molecular weight excluding hydrogens is 288 g/mol. The van der Waals surface area contributed by atoms with Crippen molar-refractivity contribution >= 4 is 10.0 Å². The molecule has 1 N–H and O–H groups in total. The molecule has 1 aliphatic carbocycles. The molecule has 3 rings (SSSR count). The van der Waals surface area contributed by atoms with Crippen molar-refractivity contribution in [1.82, 2.24) is 9.62 Å². The first-order valence-electron chi connectivity index (χ1n) is 7.82. The summed E-state index contributed by atoms with van der Waals surface area (Å²) in [7, 11) is -3.43. The van der Waals surface area contributed by atoms with Gasteiger partial charge in [0.2, 0.25) is 10.0 Å². The SMILES string of the molecule is Cc1oc(C)c(S(=O)(=O)N2CCCCC2)c1CNC1CC1. The molecule has 6 heteroatoms. The summed E-state index contributed by atoms with van der Waals surface area (Å²) in [6.45, 7) is 5.44. The van der Waals surface area contributed by atoms with Crippen molar-refractivity contribution in [3.05, 3.63) is 17.1 Å². The smallest absolute Gasteiger partial charge is 0.246 e. The van der Waals surface area contributed by atoms with Gasteiger partial charge >= 0.3 is 0 Å². The zero-order valence-electron chi connectivity index (χ0n) is 12.8. The van der Waals surface area contributed by atoms with E-state index in [4.69, 9.17) is 4.42 Å². The number of hydrogen-bond acceptors (Lipinski definition) is 4. The van der Waals surface area contributed by atoms with Gasteiger partial charge in [-0.15, -0.1) is 0 Å². The highest BCUT2D eigenvalue weighted by Crippen LogP contribution is 2.31. The van der Waals surface area contributed by atoms with Crippen LogP contribution in [0.15, 0.2) is 9.31 Å². The van der Waals surface area contributed by atoms with Gasteiger partial charge in [0.05, 0.1) is 0 Å². The van der Waals surface area contributed by atoms with Crippen LogP contribution in [-0.2, 0) is 16.6 Å². The summed E-state index contributed by atoms with van der Waals surface area (Å²) in [5, 5.41) is 3.40. The largest absolute Gasteiger partial charge is 0.465 e. The molecule has 1 aromatic rings. The van der Waals surface area contributed by atoms with Gasteiger partial charge in [-0.1, -0.05) is 6.42 Å². The first kappa shape index (κ1) is 15.1. The lowest BCUT2D eigenvalue weighted by Gasteiger charge is -2.26. The van der Waals surface area contributed by atoms with Crippen molar-refractivity contribution in [1.29, 1.82) is 0 Å². The van der Waals surface area contributed by atoms with Gasteiger partial charge in [-0.2, -0.15) is 4.31 Å². The molecule has 1 saturated heterocycles. The van der Waals surface area contributed by atoms with E-state index in [1.807, 2.05) is 6.92 Å². The van der Waals surface area contributed by atoms with Crippen molar-refractivity contribution in [2.45, 2.75) is 63.4 Å². The summed E-state index contributed by atoms with van der Waals surface area (Å²) in [5.41, 5.74) is 0.810. The quantitative estimate of drug-likeness (QED) is 0.906. The molecule has 0 radical (unpaired) electrons.